The average Bonchev–Trinajstić information content (AvgIpc) is 2.68. The van der Waals surface area contributed by atoms with Gasteiger partial charge in [-0.15, -0.1) is 0 Å². The Morgan fingerprint density at radius 2 is 2.05 bits per heavy atom. The maximum absolute atomic E-state index is 12.2. The predicted molar refractivity (Wildman–Crippen MR) is 78.7 cm³/mol. The van der Waals surface area contributed by atoms with E-state index in [-0.39, 0.29) is 11.9 Å². The smallest absolute Gasteiger partial charge is 0.220 e. The van der Waals surface area contributed by atoms with E-state index in [1.54, 1.807) is 0 Å². The fourth-order valence-electron chi connectivity index (χ4n) is 3.98. The third-order valence-corrected chi connectivity index (χ3v) is 5.21. The van der Waals surface area contributed by atoms with Crippen molar-refractivity contribution in [2.24, 2.45) is 23.0 Å². The van der Waals surface area contributed by atoms with Gasteiger partial charge in [0, 0.05) is 18.5 Å². The predicted octanol–water partition coefficient (Wildman–Crippen LogP) is 2.83. The van der Waals surface area contributed by atoms with E-state index >= 15 is 0 Å². The van der Waals surface area contributed by atoms with Crippen LogP contribution in [-0.2, 0) is 4.79 Å². The van der Waals surface area contributed by atoms with Crippen LogP contribution in [0.5, 0.6) is 0 Å². The molecule has 4 atom stereocenters. The molecule has 0 aliphatic heterocycles. The molecule has 3 heteroatoms. The summed E-state index contributed by atoms with van der Waals surface area (Å²) in [5.74, 6) is 1.22. The van der Waals surface area contributed by atoms with E-state index in [0.29, 0.717) is 29.7 Å². The number of hydrogen-bond acceptors (Lipinski definition) is 2. The fraction of sp³-hybridized carbons (Fsp3) is 0.938. The molecule has 2 saturated carbocycles. The summed E-state index contributed by atoms with van der Waals surface area (Å²) in [7, 11) is 0. The Morgan fingerprint density at radius 1 is 1.32 bits per heavy atom. The van der Waals surface area contributed by atoms with Crippen molar-refractivity contribution in [3.8, 4) is 0 Å². The molecular weight excluding hydrogens is 236 g/mol. The lowest BCUT2D eigenvalue weighted by molar-refractivity contribution is -0.123. The van der Waals surface area contributed by atoms with Gasteiger partial charge in [0.15, 0.2) is 0 Å². The molecule has 0 bridgehead atoms. The first-order chi connectivity index (χ1) is 8.87. The highest BCUT2D eigenvalue weighted by Crippen LogP contribution is 2.38. The van der Waals surface area contributed by atoms with E-state index in [1.807, 2.05) is 0 Å². The van der Waals surface area contributed by atoms with Gasteiger partial charge in [-0.25, -0.2) is 0 Å². The molecular formula is C16H30N2O. The van der Waals surface area contributed by atoms with E-state index in [1.165, 1.54) is 19.3 Å². The quantitative estimate of drug-likeness (QED) is 0.825. The van der Waals surface area contributed by atoms with Gasteiger partial charge in [0.1, 0.15) is 0 Å². The minimum atomic E-state index is 0.221. The second-order valence-electron chi connectivity index (χ2n) is 7.62. The number of rotatable bonds is 3. The Hall–Kier alpha value is -0.570. The molecule has 2 fully saturated rings. The van der Waals surface area contributed by atoms with E-state index in [9.17, 15) is 4.79 Å². The summed E-state index contributed by atoms with van der Waals surface area (Å²) in [5, 5.41) is 3.26. The number of nitrogens with one attached hydrogen (secondary N) is 1. The van der Waals surface area contributed by atoms with Crippen LogP contribution in [0.1, 0.15) is 65.7 Å². The van der Waals surface area contributed by atoms with Crippen LogP contribution < -0.4 is 11.1 Å². The van der Waals surface area contributed by atoms with Gasteiger partial charge in [0.05, 0.1) is 0 Å². The highest BCUT2D eigenvalue weighted by Gasteiger charge is 2.34. The average molecular weight is 266 g/mol. The van der Waals surface area contributed by atoms with Gasteiger partial charge in [0.25, 0.3) is 0 Å². The summed E-state index contributed by atoms with van der Waals surface area (Å²) in [4.78, 5) is 12.2. The zero-order valence-corrected chi connectivity index (χ0v) is 12.7. The normalized spacial score (nSPS) is 38.1. The number of carbonyl (C=O) groups excluding carboxylic acids is 1. The molecule has 19 heavy (non-hydrogen) atoms. The summed E-state index contributed by atoms with van der Waals surface area (Å²) in [6, 6.07) is 0.617. The number of hydrogen-bond donors (Lipinski definition) is 2. The van der Waals surface area contributed by atoms with Gasteiger partial charge in [-0.1, -0.05) is 27.2 Å². The summed E-state index contributed by atoms with van der Waals surface area (Å²) in [5.41, 5.74) is 6.48. The number of amides is 1. The summed E-state index contributed by atoms with van der Waals surface area (Å²) >= 11 is 0. The number of carbonyl (C=O) groups is 1. The monoisotopic (exact) mass is 266 g/mol. The Morgan fingerprint density at radius 3 is 2.63 bits per heavy atom. The molecule has 2 unspecified atom stereocenters. The molecule has 2 aliphatic carbocycles. The summed E-state index contributed by atoms with van der Waals surface area (Å²) in [6.45, 7) is 6.94. The molecule has 0 heterocycles. The van der Waals surface area contributed by atoms with Crippen molar-refractivity contribution in [1.29, 1.82) is 0 Å². The van der Waals surface area contributed by atoms with Crippen LogP contribution in [0.4, 0.5) is 0 Å². The van der Waals surface area contributed by atoms with Crippen LogP contribution >= 0.6 is 0 Å². The molecule has 3 nitrogen and oxygen atoms in total. The molecule has 0 radical (unpaired) electrons. The topological polar surface area (TPSA) is 55.1 Å². The van der Waals surface area contributed by atoms with Crippen LogP contribution in [0.2, 0.25) is 0 Å². The maximum Gasteiger partial charge on any atom is 0.220 e. The largest absolute Gasteiger partial charge is 0.353 e. The van der Waals surface area contributed by atoms with Crippen molar-refractivity contribution in [2.75, 3.05) is 0 Å². The Labute approximate surface area is 117 Å². The van der Waals surface area contributed by atoms with Crippen molar-refractivity contribution in [3.63, 3.8) is 0 Å². The minimum Gasteiger partial charge on any atom is -0.353 e. The highest BCUT2D eigenvalue weighted by atomic mass is 16.1. The molecule has 2 rings (SSSR count). The lowest BCUT2D eigenvalue weighted by Gasteiger charge is -2.39. The van der Waals surface area contributed by atoms with E-state index in [0.717, 1.165) is 19.3 Å². The lowest BCUT2D eigenvalue weighted by Crippen LogP contribution is -2.45. The van der Waals surface area contributed by atoms with Gasteiger partial charge < -0.3 is 11.1 Å². The molecule has 0 aromatic heterocycles. The van der Waals surface area contributed by atoms with Crippen molar-refractivity contribution in [2.45, 2.75) is 77.8 Å². The zero-order chi connectivity index (χ0) is 14.0. The zero-order valence-electron chi connectivity index (χ0n) is 12.7. The molecule has 2 aliphatic rings. The third kappa shape index (κ3) is 3.95. The fourth-order valence-corrected chi connectivity index (χ4v) is 3.98. The van der Waals surface area contributed by atoms with Crippen molar-refractivity contribution < 1.29 is 4.79 Å². The van der Waals surface area contributed by atoms with Gasteiger partial charge in [0.2, 0.25) is 5.91 Å². The standard InChI is InChI=1S/C16H30N2O/c1-11-10-16(2,3)8-7-14(11)18-15(19)9-12-5-4-6-13(12)17/h11-14H,4-10,17H2,1-3H3,(H,18,19)/t11?,12-,13+,14?/m0/s1. The highest BCUT2D eigenvalue weighted by molar-refractivity contribution is 5.76. The first-order valence-corrected chi connectivity index (χ1v) is 7.92. The Balaban J connectivity index is 1.79. The van der Waals surface area contributed by atoms with E-state index in [2.05, 4.69) is 26.1 Å². The maximum atomic E-state index is 12.2. The molecule has 0 spiro atoms. The molecule has 0 saturated heterocycles. The first kappa shape index (κ1) is 14.8. The van der Waals surface area contributed by atoms with E-state index < -0.39 is 0 Å². The van der Waals surface area contributed by atoms with Gasteiger partial charge >= 0.3 is 0 Å². The first-order valence-electron chi connectivity index (χ1n) is 7.92. The molecule has 0 aromatic carbocycles. The molecule has 110 valence electrons. The summed E-state index contributed by atoms with van der Waals surface area (Å²) < 4.78 is 0. The van der Waals surface area contributed by atoms with Crippen molar-refractivity contribution >= 4 is 5.91 Å². The van der Waals surface area contributed by atoms with Crippen LogP contribution in [0.15, 0.2) is 0 Å². The van der Waals surface area contributed by atoms with Crippen LogP contribution in [0.25, 0.3) is 0 Å². The SMILES string of the molecule is CC1CC(C)(C)CCC1NC(=O)C[C@@H]1CCC[C@H]1N. The lowest BCUT2D eigenvalue weighted by atomic mass is 9.70. The number of nitrogens with two attached hydrogens (primary N) is 1. The molecule has 0 aromatic rings. The molecule has 1 amide bonds. The third-order valence-electron chi connectivity index (χ3n) is 5.21. The van der Waals surface area contributed by atoms with Gasteiger partial charge in [-0.05, 0) is 49.4 Å². The van der Waals surface area contributed by atoms with Crippen molar-refractivity contribution in [3.05, 3.63) is 0 Å². The van der Waals surface area contributed by atoms with Gasteiger partial charge in [-0.2, -0.15) is 0 Å². The molecule has 3 N–H and O–H groups in total. The van der Waals surface area contributed by atoms with Crippen LogP contribution in [0.3, 0.4) is 0 Å². The van der Waals surface area contributed by atoms with Crippen LogP contribution in [-0.4, -0.2) is 18.0 Å². The second-order valence-corrected chi connectivity index (χ2v) is 7.62. The van der Waals surface area contributed by atoms with Crippen LogP contribution in [0, 0.1) is 17.3 Å². The van der Waals surface area contributed by atoms with Crippen molar-refractivity contribution in [1.82, 2.24) is 5.32 Å². The second kappa shape index (κ2) is 5.82. The Kier molecular flexibility index (Phi) is 4.54. The Bertz CT molecular complexity index is 327. The minimum absolute atomic E-state index is 0.221. The van der Waals surface area contributed by atoms with Gasteiger partial charge in [-0.3, -0.25) is 4.79 Å². The summed E-state index contributed by atoms with van der Waals surface area (Å²) in [6.07, 6.45) is 7.58. The van der Waals surface area contributed by atoms with E-state index in [4.69, 9.17) is 5.73 Å².